The fourth-order valence-corrected chi connectivity index (χ4v) is 1.39. The Morgan fingerprint density at radius 3 is 1.02 bits per heavy atom. The second kappa shape index (κ2) is 60.1. The van der Waals surface area contributed by atoms with E-state index in [-0.39, 0.29) is 247 Å². The Morgan fingerprint density at radius 1 is 0.625 bits per heavy atom. The number of aromatic nitrogens is 4. The van der Waals surface area contributed by atoms with E-state index in [1.165, 1.54) is 12.7 Å². The number of halogens is 17. The summed E-state index contributed by atoms with van der Waals surface area (Å²) in [6.07, 6.45) is 2.71. The van der Waals surface area contributed by atoms with Crippen LogP contribution in [0, 0.1) is 0 Å². The zero-order valence-electron chi connectivity index (χ0n) is 19.5. The molecule has 2 aromatic rings. The topological polar surface area (TPSA) is 182 Å². The van der Waals surface area contributed by atoms with Gasteiger partial charge in [-0.3, -0.25) is 9.59 Å². The zero-order chi connectivity index (χ0) is 16.9. The predicted octanol–water partition coefficient (Wildman–Crippen LogP) is 7.42. The van der Waals surface area contributed by atoms with Gasteiger partial charge in [0.2, 0.25) is 0 Å². The van der Waals surface area contributed by atoms with Crippen LogP contribution in [0.1, 0.15) is 49.2 Å². The van der Waals surface area contributed by atoms with Crippen molar-refractivity contribution in [2.75, 3.05) is 11.5 Å². The van der Waals surface area contributed by atoms with Crippen LogP contribution < -0.4 is 22.5 Å². The molecule has 40 heavy (non-hydrogen) atoms. The molecule has 2 heterocycles. The van der Waals surface area contributed by atoms with E-state index in [2.05, 4.69) is 25.3 Å². The molecule has 0 aliphatic heterocycles. The Balaban J connectivity index is -0.0000000106. The molecule has 0 aromatic carbocycles. The average molecular weight is 944 g/mol. The molecule has 0 aliphatic rings. The summed E-state index contributed by atoms with van der Waals surface area (Å²) in [6.45, 7) is 5.70. The summed E-state index contributed by atoms with van der Waals surface area (Å²) in [4.78, 5) is 34.3. The van der Waals surface area contributed by atoms with Gasteiger partial charge in [0.25, 0.3) is 11.8 Å². The third kappa shape index (κ3) is 49.6. The Labute approximate surface area is 340 Å². The first-order valence-corrected chi connectivity index (χ1v) is 6.32. The Hall–Kier alpha value is 1.89. The molecule has 0 aliphatic carbocycles. The molecule has 9 N–H and O–H groups in total. The number of imidazole rings is 2. The minimum Gasteiger partial charge on any atom is -0.382 e. The van der Waals surface area contributed by atoms with Crippen LogP contribution in [0.3, 0.4) is 0 Å². The van der Waals surface area contributed by atoms with Crippen LogP contribution >= 0.6 is 211 Å². The number of carbonyl (C=O) groups excluding carboxylic acids is 2. The van der Waals surface area contributed by atoms with E-state index in [1.807, 2.05) is 20.8 Å². The van der Waals surface area contributed by atoms with Gasteiger partial charge in [0.05, 0.1) is 12.7 Å². The van der Waals surface area contributed by atoms with Crippen LogP contribution in [-0.4, -0.2) is 37.3 Å². The number of carbonyl (C=O) groups is 2. The lowest BCUT2D eigenvalue weighted by Crippen LogP contribution is -2.41. The van der Waals surface area contributed by atoms with Crippen molar-refractivity contribution in [1.82, 2.24) is 25.3 Å². The predicted molar refractivity (Wildman–Crippen MR) is 212 cm³/mol. The second-order valence-electron chi connectivity index (χ2n) is 5.39. The summed E-state index contributed by atoms with van der Waals surface area (Å²) in [5, 5.41) is 2.77. The van der Waals surface area contributed by atoms with Gasteiger partial charge in [-0.1, -0.05) is 7.43 Å². The molecule has 0 spiro atoms. The lowest BCUT2D eigenvalue weighted by atomic mass is 10.1. The van der Waals surface area contributed by atoms with E-state index in [4.69, 9.17) is 17.2 Å². The van der Waals surface area contributed by atoms with Crippen molar-refractivity contribution < 1.29 is 9.59 Å². The van der Waals surface area contributed by atoms with Crippen molar-refractivity contribution in [1.29, 1.82) is 0 Å². The van der Waals surface area contributed by atoms with Crippen LogP contribution in [-0.2, 0) is 0 Å². The summed E-state index contributed by atoms with van der Waals surface area (Å²) < 4.78 is 0. The molecule has 2 rings (SSSR count). The largest absolute Gasteiger partial charge is 0.382 e. The number of aromatic amines is 2. The number of primary amides is 1. The lowest BCUT2D eigenvalue weighted by molar-refractivity contribution is 0.0915. The smallest absolute Gasteiger partial charge is 0.271 e. The van der Waals surface area contributed by atoms with Crippen molar-refractivity contribution in [3.8, 4) is 0 Å². The molecule has 0 fully saturated rings. The number of nitrogen functional groups attached to an aromatic ring is 2. The molecule has 0 radical (unpaired) electrons. The van der Waals surface area contributed by atoms with Gasteiger partial charge in [0.1, 0.15) is 11.4 Å². The van der Waals surface area contributed by atoms with Gasteiger partial charge >= 0.3 is 0 Å². The van der Waals surface area contributed by atoms with E-state index in [0.717, 1.165) is 0 Å². The standard InChI is InChI=1S/C8H14N4O.C4H6N4O.CH4.17ClH/c1-8(2,3)12-7(13)5-6(9)11-4-10-5;5-3-2(4(6)9)7-1-8-3;;;;;;;;;;;;;;;;;;/h4H,9H2,1-3H3,(H,10,11)(H,12,13);1H,5H2,(H2,6,9)(H,7,8);1H4;17*1H. The maximum Gasteiger partial charge on any atom is 0.271 e. The quantitative estimate of drug-likeness (QED) is 0.182. The van der Waals surface area contributed by atoms with Crippen molar-refractivity contribution in [3.63, 3.8) is 0 Å². The van der Waals surface area contributed by atoms with Crippen molar-refractivity contribution in [2.24, 2.45) is 5.73 Å². The van der Waals surface area contributed by atoms with Gasteiger partial charge in [-0.2, -0.15) is 0 Å². The minimum atomic E-state index is -0.593. The molecule has 0 unspecified atom stereocenters. The number of nitrogens with zero attached hydrogens (tertiary/aromatic N) is 2. The maximum absolute atomic E-state index is 11.5. The highest BCUT2D eigenvalue weighted by Crippen LogP contribution is 2.07. The third-order valence-electron chi connectivity index (χ3n) is 2.30. The van der Waals surface area contributed by atoms with E-state index in [0.29, 0.717) is 5.69 Å². The molecule has 264 valence electrons. The number of amides is 2. The molecule has 0 atom stereocenters. The molecule has 2 aromatic heterocycles. The van der Waals surface area contributed by atoms with Gasteiger partial charge in [-0.05, 0) is 20.8 Å². The highest BCUT2D eigenvalue weighted by atomic mass is 35.5. The number of nitrogens with two attached hydrogens (primary N) is 3. The molecule has 27 heteroatoms. The Kier molecular flexibility index (Phi) is 185. The highest BCUT2D eigenvalue weighted by molar-refractivity contribution is 5.97. The molecule has 10 nitrogen and oxygen atoms in total. The molecule has 2 amide bonds. The van der Waals surface area contributed by atoms with E-state index < -0.39 is 5.91 Å². The second-order valence-corrected chi connectivity index (χ2v) is 5.39. The summed E-state index contributed by atoms with van der Waals surface area (Å²) in [7, 11) is 0. The van der Waals surface area contributed by atoms with Crippen LogP contribution in [0.15, 0.2) is 12.7 Å². The first-order valence-electron chi connectivity index (χ1n) is 6.32. The van der Waals surface area contributed by atoms with Crippen LogP contribution in [0.4, 0.5) is 11.6 Å². The van der Waals surface area contributed by atoms with Gasteiger partial charge in [-0.25, -0.2) is 9.97 Å². The monoisotopic (exact) mass is 936 g/mol. The van der Waals surface area contributed by atoms with Crippen LogP contribution in [0.25, 0.3) is 0 Å². The number of hydrogen-bond donors (Lipinski definition) is 6. The SMILES string of the molecule is C.CC(C)(C)NC(=O)c1[nH]cnc1N.Cl.Cl.Cl.Cl.Cl.Cl.Cl.Cl.Cl.Cl.Cl.Cl.Cl.Cl.Cl.Cl.Cl.NC(=O)c1[nH]cnc1N. The van der Waals surface area contributed by atoms with Gasteiger partial charge < -0.3 is 32.5 Å². The van der Waals surface area contributed by atoms with Gasteiger partial charge in [0, 0.05) is 5.54 Å². The first kappa shape index (κ1) is 123. The van der Waals surface area contributed by atoms with Crippen LogP contribution in [0.2, 0.25) is 0 Å². The van der Waals surface area contributed by atoms with Crippen molar-refractivity contribution in [3.05, 3.63) is 24.0 Å². The Morgan fingerprint density at radius 2 is 0.875 bits per heavy atom. The fourth-order valence-electron chi connectivity index (χ4n) is 1.39. The third-order valence-corrected chi connectivity index (χ3v) is 2.30. The van der Waals surface area contributed by atoms with E-state index in [1.54, 1.807) is 0 Å². The summed E-state index contributed by atoms with van der Waals surface area (Å²) in [5.74, 6) is -0.461. The zero-order valence-corrected chi connectivity index (χ0v) is 33.4. The Bertz CT molecular complexity index is 692. The first-order chi connectivity index (χ1) is 10.1. The molecule has 0 saturated heterocycles. The summed E-state index contributed by atoms with van der Waals surface area (Å²) in [6, 6.07) is 0. The number of H-pyrrole nitrogens is 2. The minimum absolute atomic E-state index is 0. The molecule has 0 saturated carbocycles. The number of nitrogens with one attached hydrogen (secondary N) is 3. The van der Waals surface area contributed by atoms with Crippen molar-refractivity contribution >= 4 is 234 Å². The fraction of sp³-hybridized carbons (Fsp3) is 0.385. The number of rotatable bonds is 2. The molecular formula is C13H41Cl17N8O2. The number of anilines is 2. The summed E-state index contributed by atoms with van der Waals surface area (Å²) in [5.41, 5.74) is 15.7. The van der Waals surface area contributed by atoms with Gasteiger partial charge in [-0.15, -0.1) is 211 Å². The van der Waals surface area contributed by atoms with E-state index in [9.17, 15) is 9.59 Å². The normalized spacial score (nSPS) is 5.78. The summed E-state index contributed by atoms with van der Waals surface area (Å²) >= 11 is 0. The van der Waals surface area contributed by atoms with E-state index >= 15 is 0 Å². The van der Waals surface area contributed by atoms with Crippen LogP contribution in [0.5, 0.6) is 0 Å². The highest BCUT2D eigenvalue weighted by Gasteiger charge is 2.18. The van der Waals surface area contributed by atoms with Gasteiger partial charge in [0.15, 0.2) is 11.6 Å². The molecule has 0 bridgehead atoms. The lowest BCUT2D eigenvalue weighted by Gasteiger charge is -2.19. The maximum atomic E-state index is 11.5. The average Bonchev–Trinajstić information content (AvgIpc) is 2.96. The number of hydrogen-bond acceptors (Lipinski definition) is 6. The molecular weight excluding hydrogens is 903 g/mol. The van der Waals surface area contributed by atoms with Crippen molar-refractivity contribution in [2.45, 2.75) is 33.7 Å².